The van der Waals surface area contributed by atoms with Gasteiger partial charge in [-0.3, -0.25) is 0 Å². The summed E-state index contributed by atoms with van der Waals surface area (Å²) < 4.78 is 22.3. The second-order valence-electron chi connectivity index (χ2n) is 4.25. The molecule has 5 heteroatoms. The average Bonchev–Trinajstić information content (AvgIpc) is 2.23. The predicted molar refractivity (Wildman–Crippen MR) is 52.2 cm³/mol. The predicted octanol–water partition coefficient (Wildman–Crippen LogP) is 0.474. The maximum atomic E-state index is 11.6. The van der Waals surface area contributed by atoms with E-state index in [-0.39, 0.29) is 18.1 Å². The summed E-state index contributed by atoms with van der Waals surface area (Å²) in [6, 6.07) is 1.86. The second kappa shape index (κ2) is 3.52. The monoisotopic (exact) mass is 217 g/mol. The number of hydrogen-bond donors (Lipinski definition) is 1. The van der Waals surface area contributed by atoms with Crippen LogP contribution in [0.5, 0.6) is 0 Å². The van der Waals surface area contributed by atoms with Crippen LogP contribution in [0.15, 0.2) is 0 Å². The third kappa shape index (κ3) is 1.64. The van der Waals surface area contributed by atoms with E-state index in [0.29, 0.717) is 6.42 Å². The largest absolute Gasteiger partial charge is 0.392 e. The van der Waals surface area contributed by atoms with Crippen molar-refractivity contribution in [1.82, 2.24) is 0 Å². The van der Waals surface area contributed by atoms with Crippen molar-refractivity contribution in [2.75, 3.05) is 5.75 Å². The van der Waals surface area contributed by atoms with Crippen molar-refractivity contribution in [3.63, 3.8) is 0 Å². The summed E-state index contributed by atoms with van der Waals surface area (Å²) in [4.78, 5) is 0. The number of hydrogen-bond acceptors (Lipinski definition) is 4. The molecule has 0 saturated carbocycles. The lowest BCUT2D eigenvalue weighted by molar-refractivity contribution is 0.0967. The molecule has 1 aliphatic heterocycles. The van der Waals surface area contributed by atoms with Crippen molar-refractivity contribution in [1.29, 1.82) is 5.26 Å². The van der Waals surface area contributed by atoms with Crippen LogP contribution < -0.4 is 0 Å². The van der Waals surface area contributed by atoms with Gasteiger partial charge in [-0.1, -0.05) is 0 Å². The molecular weight excluding hydrogens is 202 g/mol. The molecule has 1 heterocycles. The molecule has 14 heavy (non-hydrogen) atoms. The smallest absolute Gasteiger partial charge is 0.155 e. The second-order valence-corrected chi connectivity index (χ2v) is 6.94. The van der Waals surface area contributed by atoms with Crippen molar-refractivity contribution < 1.29 is 13.5 Å². The maximum Gasteiger partial charge on any atom is 0.155 e. The molecule has 0 aromatic rings. The van der Waals surface area contributed by atoms with Crippen LogP contribution in [0.25, 0.3) is 0 Å². The van der Waals surface area contributed by atoms with Gasteiger partial charge in [-0.05, 0) is 20.3 Å². The van der Waals surface area contributed by atoms with Gasteiger partial charge in [0, 0.05) is 5.92 Å². The zero-order valence-electron chi connectivity index (χ0n) is 8.40. The first-order chi connectivity index (χ1) is 6.33. The Labute approximate surface area is 84.5 Å². The summed E-state index contributed by atoms with van der Waals surface area (Å²) in [5.74, 6) is -0.195. The fourth-order valence-corrected chi connectivity index (χ4v) is 3.84. The molecule has 1 aliphatic rings. The Morgan fingerprint density at radius 2 is 2.21 bits per heavy atom. The quantitative estimate of drug-likeness (QED) is 0.729. The zero-order valence-corrected chi connectivity index (χ0v) is 9.21. The van der Waals surface area contributed by atoms with Crippen molar-refractivity contribution in [2.24, 2.45) is 5.92 Å². The summed E-state index contributed by atoms with van der Waals surface area (Å²) >= 11 is 0. The molecule has 1 N–H and O–H groups in total. The van der Waals surface area contributed by atoms with Gasteiger partial charge in [0.15, 0.2) is 9.84 Å². The van der Waals surface area contributed by atoms with Crippen LogP contribution in [0, 0.1) is 17.2 Å². The van der Waals surface area contributed by atoms with Crippen molar-refractivity contribution in [3.05, 3.63) is 0 Å². The van der Waals surface area contributed by atoms with Crippen molar-refractivity contribution in [3.8, 4) is 6.07 Å². The molecule has 80 valence electrons. The highest BCUT2D eigenvalue weighted by Crippen LogP contribution is 2.39. The van der Waals surface area contributed by atoms with Crippen LogP contribution in [0.3, 0.4) is 0 Å². The molecule has 1 fully saturated rings. The van der Waals surface area contributed by atoms with Crippen molar-refractivity contribution >= 4 is 9.84 Å². The lowest BCUT2D eigenvalue weighted by Crippen LogP contribution is -2.39. The minimum atomic E-state index is -3.11. The topological polar surface area (TPSA) is 78.2 Å². The molecule has 0 amide bonds. The van der Waals surface area contributed by atoms with Crippen LogP contribution in [-0.2, 0) is 9.84 Å². The normalized spacial score (nSPS) is 30.9. The Bertz CT molecular complexity index is 353. The van der Waals surface area contributed by atoms with E-state index < -0.39 is 20.7 Å². The van der Waals surface area contributed by atoms with Gasteiger partial charge >= 0.3 is 0 Å². The number of aliphatic hydroxyl groups excluding tert-OH is 1. The zero-order chi connectivity index (χ0) is 11.0. The number of aliphatic hydroxyl groups is 1. The Kier molecular flexibility index (Phi) is 2.88. The van der Waals surface area contributed by atoms with Crippen LogP contribution in [0.4, 0.5) is 0 Å². The molecule has 0 aromatic carbocycles. The first-order valence-corrected chi connectivity index (χ1v) is 6.25. The molecule has 0 radical (unpaired) electrons. The minimum absolute atomic E-state index is 0.00359. The third-order valence-corrected chi connectivity index (χ3v) is 5.84. The lowest BCUT2D eigenvalue weighted by Gasteiger charge is -2.28. The van der Waals surface area contributed by atoms with E-state index >= 15 is 0 Å². The summed E-state index contributed by atoms with van der Waals surface area (Å²) in [5, 5.41) is 18.1. The average molecular weight is 217 g/mol. The fourth-order valence-electron chi connectivity index (χ4n) is 2.01. The summed E-state index contributed by atoms with van der Waals surface area (Å²) in [6.07, 6.45) is -0.366. The van der Waals surface area contributed by atoms with Gasteiger partial charge in [0.25, 0.3) is 0 Å². The Hall–Kier alpha value is -0.600. The van der Waals surface area contributed by atoms with Crippen LogP contribution in [0.2, 0.25) is 0 Å². The van der Waals surface area contributed by atoms with Crippen LogP contribution >= 0.6 is 0 Å². The van der Waals surface area contributed by atoms with Gasteiger partial charge in [-0.25, -0.2) is 8.42 Å². The Morgan fingerprint density at radius 1 is 1.64 bits per heavy atom. The molecule has 0 bridgehead atoms. The summed E-state index contributed by atoms with van der Waals surface area (Å²) in [5.41, 5.74) is 0. The molecular formula is C9H15NO3S. The van der Waals surface area contributed by atoms with Gasteiger partial charge in [0.05, 0.1) is 29.1 Å². The number of sulfone groups is 1. The van der Waals surface area contributed by atoms with E-state index in [4.69, 9.17) is 5.26 Å². The highest BCUT2D eigenvalue weighted by Gasteiger charge is 2.50. The third-order valence-electron chi connectivity index (χ3n) is 3.16. The Balaban J connectivity index is 2.91. The SMILES string of the molecule is CC1(C)C(C(O)CC#N)CCS1(=O)=O. The first kappa shape index (κ1) is 11.5. The van der Waals surface area contributed by atoms with Gasteiger partial charge in [-0.2, -0.15) is 5.26 Å². The highest BCUT2D eigenvalue weighted by atomic mass is 32.2. The number of rotatable bonds is 2. The Morgan fingerprint density at radius 3 is 2.57 bits per heavy atom. The van der Waals surface area contributed by atoms with E-state index in [2.05, 4.69) is 0 Å². The van der Waals surface area contributed by atoms with E-state index in [1.54, 1.807) is 13.8 Å². The molecule has 1 saturated heterocycles. The molecule has 0 aromatic heterocycles. The highest BCUT2D eigenvalue weighted by molar-refractivity contribution is 7.93. The van der Waals surface area contributed by atoms with Gasteiger partial charge in [0.1, 0.15) is 0 Å². The molecule has 4 nitrogen and oxygen atoms in total. The summed E-state index contributed by atoms with van der Waals surface area (Å²) in [6.45, 7) is 3.25. The van der Waals surface area contributed by atoms with E-state index in [0.717, 1.165) is 0 Å². The number of nitriles is 1. The van der Waals surface area contributed by atoms with Gasteiger partial charge in [0.2, 0.25) is 0 Å². The van der Waals surface area contributed by atoms with Gasteiger partial charge in [-0.15, -0.1) is 0 Å². The summed E-state index contributed by atoms with van der Waals surface area (Å²) in [7, 11) is -3.11. The van der Waals surface area contributed by atoms with E-state index in [9.17, 15) is 13.5 Å². The standard InChI is InChI=1S/C9H15NO3S/c1-9(2)7(8(11)3-5-10)4-6-14(9,12)13/h7-8,11H,3-4,6H2,1-2H3. The van der Waals surface area contributed by atoms with Gasteiger partial charge < -0.3 is 5.11 Å². The lowest BCUT2D eigenvalue weighted by atomic mass is 9.86. The maximum absolute atomic E-state index is 11.6. The minimum Gasteiger partial charge on any atom is -0.392 e. The van der Waals surface area contributed by atoms with Crippen LogP contribution in [-0.4, -0.2) is 30.1 Å². The first-order valence-electron chi connectivity index (χ1n) is 4.60. The number of nitrogens with zero attached hydrogens (tertiary/aromatic N) is 1. The molecule has 0 aliphatic carbocycles. The molecule has 2 unspecified atom stereocenters. The molecule has 1 rings (SSSR count). The van der Waals surface area contributed by atoms with Crippen LogP contribution in [0.1, 0.15) is 26.7 Å². The van der Waals surface area contributed by atoms with Crippen molar-refractivity contribution in [2.45, 2.75) is 37.5 Å². The fraction of sp³-hybridized carbons (Fsp3) is 0.889. The molecule has 2 atom stereocenters. The van der Waals surface area contributed by atoms with E-state index in [1.807, 2.05) is 6.07 Å². The van der Waals surface area contributed by atoms with E-state index in [1.165, 1.54) is 0 Å². The molecule has 0 spiro atoms.